The lowest BCUT2D eigenvalue weighted by Gasteiger charge is -2.48. The van der Waals surface area contributed by atoms with E-state index in [1.807, 2.05) is 4.90 Å². The Morgan fingerprint density at radius 1 is 1.22 bits per heavy atom. The van der Waals surface area contributed by atoms with Crippen LogP contribution in [0.4, 0.5) is 0 Å². The number of carbonyl (C=O) groups is 1. The molecule has 0 bridgehead atoms. The van der Waals surface area contributed by atoms with Crippen LogP contribution in [0.5, 0.6) is 5.75 Å². The summed E-state index contributed by atoms with van der Waals surface area (Å²) < 4.78 is 5.68. The Morgan fingerprint density at radius 3 is 2.78 bits per heavy atom. The van der Waals surface area contributed by atoms with E-state index in [2.05, 4.69) is 30.9 Å². The van der Waals surface area contributed by atoms with E-state index in [1.165, 1.54) is 29.5 Å². The number of nitrogens with zero attached hydrogens (tertiary/aromatic N) is 2. The molecule has 2 fully saturated rings. The molecule has 0 saturated carbocycles. The molecule has 2 saturated heterocycles. The zero-order valence-electron chi connectivity index (χ0n) is 17.1. The summed E-state index contributed by atoms with van der Waals surface area (Å²) in [4.78, 5) is 16.8. The molecule has 2 heterocycles. The lowest BCUT2D eigenvalue weighted by molar-refractivity contribution is -0.139. The van der Waals surface area contributed by atoms with E-state index < -0.39 is 0 Å². The second-order valence-electron chi connectivity index (χ2n) is 8.48. The Hall–Kier alpha value is -1.59. The van der Waals surface area contributed by atoms with Crippen molar-refractivity contribution in [2.75, 3.05) is 39.9 Å². The maximum atomic E-state index is 12.3. The summed E-state index contributed by atoms with van der Waals surface area (Å²) in [6, 6.07) is 4.41. The van der Waals surface area contributed by atoms with Gasteiger partial charge < -0.3 is 14.7 Å². The first-order valence-electron chi connectivity index (χ1n) is 10.2. The van der Waals surface area contributed by atoms with Gasteiger partial charge in [-0.3, -0.25) is 9.69 Å². The number of rotatable bonds is 6. The van der Waals surface area contributed by atoms with Gasteiger partial charge in [-0.1, -0.05) is 17.7 Å². The van der Waals surface area contributed by atoms with Crippen molar-refractivity contribution in [2.24, 2.45) is 5.41 Å². The lowest BCUT2D eigenvalue weighted by Crippen LogP contribution is -2.54. The summed E-state index contributed by atoms with van der Waals surface area (Å²) in [5.74, 6) is 1.26. The number of piperidine rings is 2. The summed E-state index contributed by atoms with van der Waals surface area (Å²) in [6.45, 7) is 8.95. The minimum atomic E-state index is 0.148. The van der Waals surface area contributed by atoms with E-state index in [4.69, 9.17) is 9.84 Å². The minimum absolute atomic E-state index is 0.148. The van der Waals surface area contributed by atoms with Crippen molar-refractivity contribution in [2.45, 2.75) is 52.5 Å². The van der Waals surface area contributed by atoms with Crippen LogP contribution in [0.25, 0.3) is 0 Å². The van der Waals surface area contributed by atoms with E-state index >= 15 is 0 Å². The first-order chi connectivity index (χ1) is 13.0. The van der Waals surface area contributed by atoms with Crippen LogP contribution in [0, 0.1) is 19.3 Å². The van der Waals surface area contributed by atoms with Gasteiger partial charge in [-0.15, -0.1) is 0 Å². The van der Waals surface area contributed by atoms with Crippen LogP contribution in [0.3, 0.4) is 0 Å². The van der Waals surface area contributed by atoms with Crippen molar-refractivity contribution in [1.82, 2.24) is 9.80 Å². The van der Waals surface area contributed by atoms with Crippen molar-refractivity contribution in [1.29, 1.82) is 0 Å². The van der Waals surface area contributed by atoms with Gasteiger partial charge in [0.2, 0.25) is 5.91 Å². The van der Waals surface area contributed by atoms with Crippen molar-refractivity contribution >= 4 is 5.91 Å². The number of ether oxygens (including phenoxy) is 1. The number of carbonyl (C=O) groups excluding carboxylic acids is 1. The fraction of sp³-hybridized carbons (Fsp3) is 0.682. The number of likely N-dealkylation sites (tertiary alicyclic amines) is 2. The highest BCUT2D eigenvalue weighted by Crippen LogP contribution is 2.40. The molecule has 1 amide bonds. The summed E-state index contributed by atoms with van der Waals surface area (Å²) >= 11 is 0. The molecule has 5 nitrogen and oxygen atoms in total. The van der Waals surface area contributed by atoms with E-state index in [9.17, 15) is 4.79 Å². The number of benzene rings is 1. The number of aliphatic hydroxyl groups excluding tert-OH is 1. The van der Waals surface area contributed by atoms with Crippen molar-refractivity contribution in [3.05, 3.63) is 28.8 Å². The molecule has 3 rings (SSSR count). The van der Waals surface area contributed by atoms with Crippen LogP contribution in [0.2, 0.25) is 0 Å². The Labute approximate surface area is 163 Å². The molecular weight excluding hydrogens is 340 g/mol. The minimum Gasteiger partial charge on any atom is -0.496 e. The second-order valence-corrected chi connectivity index (χ2v) is 8.48. The molecule has 1 aromatic rings. The standard InChI is InChI=1S/C22H34N2O3/c1-17-12-18(2)21(27-3)19(13-17)14-23-9-4-7-22(15-23)8-6-20(26)24(16-22)10-5-11-25/h12-13,25H,4-11,14-16H2,1-3H3. The van der Waals surface area contributed by atoms with Gasteiger partial charge in [-0.25, -0.2) is 0 Å². The normalized spacial score (nSPS) is 23.9. The summed E-state index contributed by atoms with van der Waals surface area (Å²) in [5, 5.41) is 9.13. The zero-order valence-corrected chi connectivity index (χ0v) is 17.1. The van der Waals surface area contributed by atoms with Gasteiger partial charge in [-0.2, -0.15) is 0 Å². The zero-order chi connectivity index (χ0) is 19.4. The fourth-order valence-corrected chi connectivity index (χ4v) is 5.04. The number of hydrogen-bond acceptors (Lipinski definition) is 4. The third kappa shape index (κ3) is 4.64. The molecule has 0 aromatic heterocycles. The van der Waals surface area contributed by atoms with Crippen LogP contribution in [0.1, 0.15) is 48.8 Å². The Balaban J connectivity index is 1.72. The number of amides is 1. The average Bonchev–Trinajstić information content (AvgIpc) is 2.63. The molecule has 1 aromatic carbocycles. The first kappa shape index (κ1) is 20.2. The first-order valence-corrected chi connectivity index (χ1v) is 10.2. The largest absolute Gasteiger partial charge is 0.496 e. The molecule has 0 aliphatic carbocycles. The molecule has 1 N–H and O–H groups in total. The Bertz CT molecular complexity index is 676. The third-order valence-corrected chi connectivity index (χ3v) is 6.17. The molecule has 27 heavy (non-hydrogen) atoms. The summed E-state index contributed by atoms with van der Waals surface area (Å²) in [5.41, 5.74) is 3.93. The van der Waals surface area contributed by atoms with Gasteiger partial charge in [-0.05, 0) is 51.6 Å². The quantitative estimate of drug-likeness (QED) is 0.832. The predicted molar refractivity (Wildman–Crippen MR) is 107 cm³/mol. The van der Waals surface area contributed by atoms with Gasteiger partial charge in [0.15, 0.2) is 0 Å². The van der Waals surface area contributed by atoms with Gasteiger partial charge in [0, 0.05) is 50.2 Å². The van der Waals surface area contributed by atoms with Gasteiger partial charge in [0.05, 0.1) is 7.11 Å². The maximum absolute atomic E-state index is 12.3. The summed E-state index contributed by atoms with van der Waals surface area (Å²) in [6.07, 6.45) is 4.67. The third-order valence-electron chi connectivity index (χ3n) is 6.17. The van der Waals surface area contributed by atoms with Crippen LogP contribution in [0.15, 0.2) is 12.1 Å². The van der Waals surface area contributed by atoms with E-state index in [-0.39, 0.29) is 17.9 Å². The lowest BCUT2D eigenvalue weighted by atomic mass is 9.73. The molecule has 150 valence electrons. The topological polar surface area (TPSA) is 53.0 Å². The van der Waals surface area contributed by atoms with Crippen molar-refractivity contribution in [3.8, 4) is 5.75 Å². The molecule has 1 atom stereocenters. The SMILES string of the molecule is COc1c(C)cc(C)cc1CN1CCCC2(CCC(=O)N(CCCO)C2)C1. The number of aliphatic hydroxyl groups is 1. The Morgan fingerprint density at radius 2 is 2.04 bits per heavy atom. The van der Waals surface area contributed by atoms with Gasteiger partial charge in [0.1, 0.15) is 5.75 Å². The number of hydrogen-bond donors (Lipinski definition) is 1. The van der Waals surface area contributed by atoms with Crippen molar-refractivity contribution in [3.63, 3.8) is 0 Å². The molecule has 0 radical (unpaired) electrons. The van der Waals surface area contributed by atoms with Gasteiger partial charge in [0.25, 0.3) is 0 Å². The van der Waals surface area contributed by atoms with E-state index in [0.717, 1.165) is 38.3 Å². The highest BCUT2D eigenvalue weighted by molar-refractivity contribution is 5.77. The van der Waals surface area contributed by atoms with Crippen molar-refractivity contribution < 1.29 is 14.6 Å². The van der Waals surface area contributed by atoms with Crippen LogP contribution >= 0.6 is 0 Å². The smallest absolute Gasteiger partial charge is 0.222 e. The number of methoxy groups -OCH3 is 1. The molecule has 2 aliphatic rings. The van der Waals surface area contributed by atoms with E-state index in [0.29, 0.717) is 19.4 Å². The average molecular weight is 375 g/mol. The van der Waals surface area contributed by atoms with Gasteiger partial charge >= 0.3 is 0 Å². The maximum Gasteiger partial charge on any atom is 0.222 e. The monoisotopic (exact) mass is 374 g/mol. The second kappa shape index (κ2) is 8.61. The molecule has 5 heteroatoms. The predicted octanol–water partition coefficient (Wildman–Crippen LogP) is 2.90. The molecular formula is C22H34N2O3. The van der Waals surface area contributed by atoms with Crippen LogP contribution in [-0.2, 0) is 11.3 Å². The van der Waals surface area contributed by atoms with E-state index in [1.54, 1.807) is 7.11 Å². The highest BCUT2D eigenvalue weighted by atomic mass is 16.5. The molecule has 1 spiro atoms. The summed E-state index contributed by atoms with van der Waals surface area (Å²) in [7, 11) is 1.75. The number of aryl methyl sites for hydroxylation is 2. The van der Waals surface area contributed by atoms with Crippen LogP contribution < -0.4 is 4.74 Å². The Kier molecular flexibility index (Phi) is 6.43. The highest BCUT2D eigenvalue weighted by Gasteiger charge is 2.41. The molecule has 1 unspecified atom stereocenters. The molecule has 2 aliphatic heterocycles. The fourth-order valence-electron chi connectivity index (χ4n) is 5.04. The van der Waals surface area contributed by atoms with Crippen LogP contribution in [-0.4, -0.2) is 60.7 Å².